The van der Waals surface area contributed by atoms with Gasteiger partial charge in [0.25, 0.3) is 0 Å². The Labute approximate surface area is 493 Å². The highest BCUT2D eigenvalue weighted by molar-refractivity contribution is 14.1. The summed E-state index contributed by atoms with van der Waals surface area (Å²) >= 11 is 1.72. The molecule has 0 aliphatic carbocycles. The van der Waals surface area contributed by atoms with Crippen LogP contribution in [-0.2, 0) is 59.0 Å². The summed E-state index contributed by atoms with van der Waals surface area (Å²) in [5.74, 6) is -10.6. The maximum Gasteiger partial charge on any atom is 0.332 e. The van der Waals surface area contributed by atoms with Gasteiger partial charge in [0.1, 0.15) is 60.4 Å². The molecule has 1 saturated heterocycles. The minimum Gasteiger partial charge on any atom is -0.487 e. The summed E-state index contributed by atoms with van der Waals surface area (Å²) in [5.41, 5.74) is 9.97. The van der Waals surface area contributed by atoms with Crippen LogP contribution in [0.25, 0.3) is 0 Å². The van der Waals surface area contributed by atoms with Gasteiger partial charge >= 0.3 is 11.9 Å². The third-order valence-corrected chi connectivity index (χ3v) is 15.0. The van der Waals surface area contributed by atoms with Gasteiger partial charge in [-0.05, 0) is 87.9 Å². The molecule has 25 heteroatoms. The summed E-state index contributed by atoms with van der Waals surface area (Å²) in [5, 5.41) is 49.8. The number of aliphatic hydroxyl groups excluding tert-OH is 2. The van der Waals surface area contributed by atoms with E-state index in [2.05, 4.69) is 31.9 Å². The Bertz CT molecular complexity index is 2470. The Hall–Kier alpha value is -6.26. The van der Waals surface area contributed by atoms with Gasteiger partial charge in [0.2, 0.25) is 41.4 Å². The molecule has 82 heavy (non-hydrogen) atoms. The zero-order chi connectivity index (χ0) is 61.4. The lowest BCUT2D eigenvalue weighted by molar-refractivity contribution is -0.159. The third-order valence-electron chi connectivity index (χ3n) is 14.3. The molecule has 2 aromatic carbocycles. The van der Waals surface area contributed by atoms with Gasteiger partial charge in [-0.25, -0.2) is 4.79 Å². The van der Waals surface area contributed by atoms with Crippen molar-refractivity contribution in [3.63, 3.8) is 0 Å². The van der Waals surface area contributed by atoms with E-state index in [0.717, 1.165) is 36.7 Å². The van der Waals surface area contributed by atoms with Crippen molar-refractivity contribution in [1.29, 1.82) is 0 Å². The number of esters is 2. The summed E-state index contributed by atoms with van der Waals surface area (Å²) in [4.78, 5) is 127. The van der Waals surface area contributed by atoms with Crippen LogP contribution in [0.3, 0.4) is 0 Å². The normalized spacial score (nSPS) is 23.5. The largest absolute Gasteiger partial charge is 0.487 e. The molecule has 1 heterocycles. The Balaban J connectivity index is 2.28. The Morgan fingerprint density at radius 1 is 0.854 bits per heavy atom. The summed E-state index contributed by atoms with van der Waals surface area (Å²) < 4.78 is 17.0. The quantitative estimate of drug-likeness (QED) is 0.0201. The number of ether oxygens (including phenoxy) is 3. The minimum absolute atomic E-state index is 0.0237. The molecule has 1 fully saturated rings. The number of hydrogen-bond donors (Lipinski definition) is 11. The molecule has 1 aliphatic heterocycles. The lowest BCUT2D eigenvalue weighted by Gasteiger charge is -2.34. The van der Waals surface area contributed by atoms with Gasteiger partial charge in [-0.1, -0.05) is 119 Å². The molecule has 2 aromatic rings. The second-order valence-electron chi connectivity index (χ2n) is 21.2. The average Bonchev–Trinajstić information content (AvgIpc) is 3.62. The molecule has 0 radical (unpaired) electrons. The van der Waals surface area contributed by atoms with Crippen molar-refractivity contribution in [3.8, 4) is 5.75 Å². The van der Waals surface area contributed by atoms with E-state index in [1.165, 1.54) is 58.2 Å². The van der Waals surface area contributed by atoms with Crippen molar-refractivity contribution in [2.75, 3.05) is 37.7 Å². The molecule has 0 spiro atoms. The molecule has 13 atom stereocenters. The number of rotatable bonds is 26. The summed E-state index contributed by atoms with van der Waals surface area (Å²) in [6, 6.07) is 4.37. The van der Waals surface area contributed by atoms with Crippen LogP contribution in [0.5, 0.6) is 5.75 Å². The van der Waals surface area contributed by atoms with E-state index in [1.807, 2.05) is 0 Å². The number of nitrogens with zero attached hydrogens (tertiary/aromatic N) is 1. The van der Waals surface area contributed by atoms with E-state index < -0.39 is 144 Å². The Morgan fingerprint density at radius 3 is 2.06 bits per heavy atom. The zero-order valence-corrected chi connectivity index (χ0v) is 50.5. The molecular formula is C57H86IN9O15. The molecule has 456 valence electrons. The van der Waals surface area contributed by atoms with E-state index in [9.17, 15) is 53.7 Å². The summed E-state index contributed by atoms with van der Waals surface area (Å²) in [7, 11) is 1.30. The molecule has 24 nitrogen and oxygen atoms in total. The number of likely N-dealkylation sites (N-methyl/N-ethyl adjacent to an activating group) is 1. The molecular weight excluding hydrogens is 1180 g/mol. The number of primary amides is 1. The Morgan fingerprint density at radius 2 is 1.48 bits per heavy atom. The van der Waals surface area contributed by atoms with Crippen LogP contribution in [-0.4, -0.2) is 171 Å². The fraction of sp³-hybridized carbons (Fsp3) is 0.596. The fourth-order valence-electron chi connectivity index (χ4n) is 8.76. The fourth-order valence-corrected chi connectivity index (χ4v) is 8.98. The maximum atomic E-state index is 15.3. The van der Waals surface area contributed by atoms with E-state index in [4.69, 9.17) is 25.7 Å². The topological polar surface area (TPSA) is 369 Å². The van der Waals surface area contributed by atoms with Crippen LogP contribution in [0.4, 0.5) is 0 Å². The highest BCUT2D eigenvalue weighted by Crippen LogP contribution is 2.26. The third kappa shape index (κ3) is 21.5. The summed E-state index contributed by atoms with van der Waals surface area (Å²) in [6.45, 7) is 12.5. The molecule has 0 bridgehead atoms. The van der Waals surface area contributed by atoms with Gasteiger partial charge < -0.3 is 77.8 Å². The van der Waals surface area contributed by atoms with Gasteiger partial charge in [0.15, 0.2) is 6.04 Å². The number of unbranched alkanes of at least 4 members (excludes halogenated alkanes) is 3. The number of hydrogen-bond acceptors (Lipinski definition) is 17. The predicted molar refractivity (Wildman–Crippen MR) is 312 cm³/mol. The standard InChI is InChI=1S/C57H86IN9O15/c1-10-33(4)45-52(74)66-48(39-20-22-40(23-21-39)82-37(8)57(79,25-24-43(60)69)31-61-27-17-12-11-16-26-59)55(77)67(9)42(28-38-18-14-13-15-19-38)51(73)64-46(35(6)68)53(75)62-41(30-80-44(70)29-58)56(78)81-36(7)47(54(76)63-45)65-50(72)34(5)49(71)32(2)3/h13-15,18-25,32-37,41-42,45-49,61,68,71,79H,10-12,16-17,26-31,59H2,1-9H3,(H2,60,69)(H,62,75)(H,63,76)(H,64,73)(H,65,72)(H,66,74)/b25-24+/t33-,34+,35+,36+,37+,41-,42-,45+,46+,47-,48-,49+,57-/m0/s1. The number of alkyl halides is 1. The number of aliphatic hydroxyl groups is 3. The second-order valence-corrected chi connectivity index (χ2v) is 21.9. The van der Waals surface area contributed by atoms with Crippen LogP contribution in [0, 0.1) is 17.8 Å². The molecule has 0 aromatic heterocycles. The highest BCUT2D eigenvalue weighted by Gasteiger charge is 2.42. The number of cyclic esters (lactones) is 1. The lowest BCUT2D eigenvalue weighted by Crippen LogP contribution is -2.61. The first kappa shape index (κ1) is 70.0. The van der Waals surface area contributed by atoms with Gasteiger partial charge in [-0.2, -0.15) is 0 Å². The summed E-state index contributed by atoms with van der Waals surface area (Å²) in [6.07, 6.45) is 0.467. The van der Waals surface area contributed by atoms with E-state index >= 15 is 4.79 Å². The smallest absolute Gasteiger partial charge is 0.332 e. The lowest BCUT2D eigenvalue weighted by atomic mass is 9.93. The number of carbonyl (C=O) groups excluding carboxylic acids is 9. The minimum atomic E-state index is -1.83. The van der Waals surface area contributed by atoms with Gasteiger partial charge in [-0.15, -0.1) is 0 Å². The molecule has 0 saturated carbocycles. The highest BCUT2D eigenvalue weighted by atomic mass is 127. The molecule has 3 rings (SSSR count). The van der Waals surface area contributed by atoms with E-state index in [1.54, 1.807) is 87.5 Å². The number of nitrogens with one attached hydrogen (secondary N) is 6. The molecule has 1 aliphatic rings. The molecule has 13 N–H and O–H groups in total. The van der Waals surface area contributed by atoms with Crippen LogP contribution in [0.2, 0.25) is 0 Å². The number of benzene rings is 2. The van der Waals surface area contributed by atoms with Crippen molar-refractivity contribution in [2.45, 2.75) is 160 Å². The number of amides is 7. The van der Waals surface area contributed by atoms with Gasteiger partial charge in [0.05, 0.1) is 22.6 Å². The SMILES string of the molecule is CC[C@H](C)[C@H]1NC(=O)[C@@H](NC(=O)[C@H](C)[C@H](O)C(C)C)[C@@H](C)OC(=O)[C@H](COC(=O)CI)NC(=O)[C@@H]([C@@H](C)O)NC(=O)[C@H](Cc2ccccc2)N(C)C(=O)[C@H](c2ccc(O[C@H](C)[C@](O)(/C=C/C(N)=O)CNCCCCCCN)cc2)NC1=O. The van der Waals surface area contributed by atoms with Crippen molar-refractivity contribution in [3.05, 3.63) is 77.9 Å². The van der Waals surface area contributed by atoms with Crippen LogP contribution in [0.15, 0.2) is 66.7 Å². The predicted octanol–water partition coefficient (Wildman–Crippen LogP) is 0.505. The average molecular weight is 1260 g/mol. The monoisotopic (exact) mass is 1260 g/mol. The number of nitrogens with two attached hydrogens (primary N) is 2. The maximum absolute atomic E-state index is 15.3. The van der Waals surface area contributed by atoms with Crippen molar-refractivity contribution >= 4 is 75.9 Å². The first-order chi connectivity index (χ1) is 38.7. The van der Waals surface area contributed by atoms with Crippen molar-refractivity contribution < 1.29 is 72.7 Å². The number of halogens is 1. The van der Waals surface area contributed by atoms with Crippen molar-refractivity contribution in [1.82, 2.24) is 36.8 Å². The first-order valence-electron chi connectivity index (χ1n) is 27.7. The second kappa shape index (κ2) is 34.4. The van der Waals surface area contributed by atoms with Crippen LogP contribution >= 0.6 is 22.6 Å². The zero-order valence-electron chi connectivity index (χ0n) is 48.4. The Kier molecular flexibility index (Phi) is 29.3. The van der Waals surface area contributed by atoms with E-state index in [-0.39, 0.29) is 35.1 Å². The molecule has 0 unspecified atom stereocenters. The van der Waals surface area contributed by atoms with Crippen molar-refractivity contribution in [2.24, 2.45) is 29.2 Å². The van der Waals surface area contributed by atoms with Gasteiger partial charge in [-0.3, -0.25) is 38.4 Å². The van der Waals surface area contributed by atoms with E-state index in [0.29, 0.717) is 18.7 Å². The van der Waals surface area contributed by atoms with Crippen LogP contribution < -0.4 is 48.1 Å². The van der Waals surface area contributed by atoms with Gasteiger partial charge in [0, 0.05) is 26.1 Å². The van der Waals surface area contributed by atoms with Crippen LogP contribution in [0.1, 0.15) is 105 Å². The number of carbonyl (C=O) groups is 9. The molecule has 7 amide bonds. The first-order valence-corrected chi connectivity index (χ1v) is 29.2.